The number of thiophene rings is 1. The molecule has 3 rings (SSSR count). The van der Waals surface area contributed by atoms with Crippen LogP contribution in [0.25, 0.3) is 6.08 Å². The van der Waals surface area contributed by atoms with Gasteiger partial charge in [0.2, 0.25) is 0 Å². The predicted molar refractivity (Wildman–Crippen MR) is 112 cm³/mol. The third kappa shape index (κ3) is 4.70. The van der Waals surface area contributed by atoms with Crippen molar-refractivity contribution in [2.75, 3.05) is 17.2 Å². The van der Waals surface area contributed by atoms with Crippen molar-refractivity contribution in [3.63, 3.8) is 0 Å². The number of thioether (sulfide) groups is 1. The van der Waals surface area contributed by atoms with E-state index in [0.717, 1.165) is 5.75 Å². The molecule has 1 nitrogen and oxygen atoms in total. The van der Waals surface area contributed by atoms with E-state index in [-0.39, 0.29) is 0 Å². The summed E-state index contributed by atoms with van der Waals surface area (Å²) in [5, 5.41) is 2.24. The van der Waals surface area contributed by atoms with Gasteiger partial charge in [0.05, 0.1) is 16.3 Å². The molecule has 1 aromatic heterocycles. The molecule has 132 valence electrons. The van der Waals surface area contributed by atoms with Crippen LogP contribution in [0.2, 0.25) is 0 Å². The first-order valence-corrected chi connectivity index (χ1v) is 11.7. The monoisotopic (exact) mass is 361 g/mol. The van der Waals surface area contributed by atoms with Gasteiger partial charge in [0.15, 0.2) is 0 Å². The zero-order valence-corrected chi connectivity index (χ0v) is 16.7. The Hall–Kier alpha value is -0.670. The molecule has 0 bridgehead atoms. The lowest BCUT2D eigenvalue weighted by Crippen LogP contribution is -2.25. The maximum Gasteiger partial charge on any atom is 0.0594 e. The van der Waals surface area contributed by atoms with Crippen LogP contribution in [0.15, 0.2) is 28.1 Å². The Kier molecular flexibility index (Phi) is 7.34. The van der Waals surface area contributed by atoms with E-state index in [1.54, 1.807) is 0 Å². The lowest BCUT2D eigenvalue weighted by atomic mass is 10.1. The van der Waals surface area contributed by atoms with E-state index in [2.05, 4.69) is 35.4 Å². The summed E-state index contributed by atoms with van der Waals surface area (Å²) < 4.78 is 0. The molecule has 0 aromatic carbocycles. The normalized spacial score (nSPS) is 16.0. The fourth-order valence-electron chi connectivity index (χ4n) is 3.64. The van der Waals surface area contributed by atoms with Gasteiger partial charge < -0.3 is 4.90 Å². The first-order valence-electron chi connectivity index (χ1n) is 9.80. The molecule has 0 N–H and O–H groups in total. The highest BCUT2D eigenvalue weighted by molar-refractivity contribution is 8.03. The smallest absolute Gasteiger partial charge is 0.0594 e. The second-order valence-electron chi connectivity index (χ2n) is 6.91. The van der Waals surface area contributed by atoms with Gasteiger partial charge in [0.1, 0.15) is 0 Å². The van der Waals surface area contributed by atoms with Gasteiger partial charge in [-0.15, -0.1) is 23.1 Å². The van der Waals surface area contributed by atoms with Crippen LogP contribution in [0.1, 0.15) is 76.0 Å². The highest BCUT2D eigenvalue weighted by Gasteiger charge is 2.26. The molecule has 3 heteroatoms. The molecule has 0 aliphatic carbocycles. The Bertz CT molecular complexity index is 570. The third-order valence-corrected chi connectivity index (χ3v) is 6.84. The van der Waals surface area contributed by atoms with E-state index >= 15 is 0 Å². The van der Waals surface area contributed by atoms with Gasteiger partial charge in [0, 0.05) is 17.2 Å². The Morgan fingerprint density at radius 1 is 0.958 bits per heavy atom. The SMILES string of the molecule is CCCCCCCCCCCCN1C2=CCSC2=Cc2sccc21. The van der Waals surface area contributed by atoms with Crippen molar-refractivity contribution in [2.45, 2.75) is 71.1 Å². The Balaban J connectivity index is 1.34. The maximum atomic E-state index is 2.58. The third-order valence-electron chi connectivity index (χ3n) is 5.02. The van der Waals surface area contributed by atoms with Gasteiger partial charge in [-0.05, 0) is 30.0 Å². The molecule has 3 heterocycles. The standard InChI is InChI=1S/C21H31NS2/c1-2-3-4-5-6-7-8-9-10-11-14-22-18-12-15-23-20(18)17-21-19(22)13-16-24-21/h12-13,15,17H,2-11,14,16H2,1H3. The van der Waals surface area contributed by atoms with Crippen molar-refractivity contribution < 1.29 is 0 Å². The molecule has 2 aliphatic heterocycles. The van der Waals surface area contributed by atoms with Crippen LogP contribution in [0.3, 0.4) is 0 Å². The quantitative estimate of drug-likeness (QED) is 0.376. The second kappa shape index (κ2) is 9.72. The molecular weight excluding hydrogens is 330 g/mol. The second-order valence-corrected chi connectivity index (χ2v) is 8.92. The topological polar surface area (TPSA) is 3.24 Å². The van der Waals surface area contributed by atoms with E-state index in [9.17, 15) is 0 Å². The molecule has 0 atom stereocenters. The van der Waals surface area contributed by atoms with E-state index in [1.807, 2.05) is 23.1 Å². The Morgan fingerprint density at radius 2 is 1.67 bits per heavy atom. The van der Waals surface area contributed by atoms with Crippen LogP contribution < -0.4 is 4.90 Å². The van der Waals surface area contributed by atoms with Crippen LogP contribution in [0.5, 0.6) is 0 Å². The number of fused-ring (bicyclic) bond motifs is 2. The zero-order valence-electron chi connectivity index (χ0n) is 15.1. The summed E-state index contributed by atoms with van der Waals surface area (Å²) in [6.07, 6.45) is 18.9. The van der Waals surface area contributed by atoms with Crippen LogP contribution in [0.4, 0.5) is 5.69 Å². The van der Waals surface area contributed by atoms with Gasteiger partial charge in [0.25, 0.3) is 0 Å². The van der Waals surface area contributed by atoms with Gasteiger partial charge in [-0.3, -0.25) is 0 Å². The molecule has 0 saturated carbocycles. The van der Waals surface area contributed by atoms with Crippen molar-refractivity contribution in [1.29, 1.82) is 0 Å². The zero-order chi connectivity index (χ0) is 16.6. The number of hydrogen-bond acceptors (Lipinski definition) is 3. The van der Waals surface area contributed by atoms with Crippen molar-refractivity contribution in [3.05, 3.63) is 33.0 Å². The molecule has 24 heavy (non-hydrogen) atoms. The highest BCUT2D eigenvalue weighted by atomic mass is 32.2. The van der Waals surface area contributed by atoms with Crippen molar-refractivity contribution in [1.82, 2.24) is 0 Å². The minimum Gasteiger partial charge on any atom is -0.340 e. The number of unbranched alkanes of at least 4 members (excludes halogenated alkanes) is 9. The summed E-state index contributed by atoms with van der Waals surface area (Å²) in [6, 6.07) is 2.30. The van der Waals surface area contributed by atoms with E-state index in [0.29, 0.717) is 0 Å². The molecule has 0 spiro atoms. The van der Waals surface area contributed by atoms with Crippen LogP contribution in [-0.4, -0.2) is 12.3 Å². The van der Waals surface area contributed by atoms with E-state index in [1.165, 1.54) is 91.9 Å². The van der Waals surface area contributed by atoms with Crippen LogP contribution in [-0.2, 0) is 0 Å². The predicted octanol–water partition coefficient (Wildman–Crippen LogP) is 7.46. The molecule has 0 saturated heterocycles. The van der Waals surface area contributed by atoms with Crippen LogP contribution >= 0.6 is 23.1 Å². The summed E-state index contributed by atoms with van der Waals surface area (Å²) in [6.45, 7) is 3.48. The maximum absolute atomic E-state index is 2.58. The summed E-state index contributed by atoms with van der Waals surface area (Å²) in [7, 11) is 0. The summed E-state index contributed by atoms with van der Waals surface area (Å²) in [4.78, 5) is 5.51. The van der Waals surface area contributed by atoms with Gasteiger partial charge in [-0.2, -0.15) is 0 Å². The average molecular weight is 362 g/mol. The highest BCUT2D eigenvalue weighted by Crippen LogP contribution is 2.45. The molecule has 0 amide bonds. The molecular formula is C21H31NS2. The number of nitrogens with zero attached hydrogens (tertiary/aromatic N) is 1. The first kappa shape index (κ1) is 18.1. The molecule has 0 fully saturated rings. The lowest BCUT2D eigenvalue weighted by Gasteiger charge is -2.29. The minimum atomic E-state index is 1.14. The van der Waals surface area contributed by atoms with Gasteiger partial charge in [-0.1, -0.05) is 64.7 Å². The molecule has 0 radical (unpaired) electrons. The first-order chi connectivity index (χ1) is 11.9. The van der Waals surface area contributed by atoms with Crippen molar-refractivity contribution in [3.8, 4) is 0 Å². The number of anilines is 1. The summed E-state index contributed by atoms with van der Waals surface area (Å²) >= 11 is 3.87. The fraction of sp³-hybridized carbons (Fsp3) is 0.619. The van der Waals surface area contributed by atoms with Crippen LogP contribution in [0, 0.1) is 0 Å². The minimum absolute atomic E-state index is 1.14. The fourth-order valence-corrected chi connectivity index (χ4v) is 5.50. The van der Waals surface area contributed by atoms with Crippen molar-refractivity contribution in [2.24, 2.45) is 0 Å². The average Bonchev–Trinajstić information content (AvgIpc) is 3.24. The van der Waals surface area contributed by atoms with Gasteiger partial charge >= 0.3 is 0 Å². The molecule has 1 aromatic rings. The largest absolute Gasteiger partial charge is 0.340 e. The molecule has 0 unspecified atom stereocenters. The van der Waals surface area contributed by atoms with Crippen molar-refractivity contribution >= 4 is 34.9 Å². The number of hydrogen-bond donors (Lipinski definition) is 0. The van der Waals surface area contributed by atoms with E-state index in [4.69, 9.17) is 0 Å². The van der Waals surface area contributed by atoms with E-state index < -0.39 is 0 Å². The number of rotatable bonds is 11. The lowest BCUT2D eigenvalue weighted by molar-refractivity contribution is 0.556. The summed E-state index contributed by atoms with van der Waals surface area (Å²) in [5.74, 6) is 1.14. The Labute approximate surface area is 156 Å². The van der Waals surface area contributed by atoms with Gasteiger partial charge in [-0.25, -0.2) is 0 Å². The molecule has 2 aliphatic rings. The summed E-state index contributed by atoms with van der Waals surface area (Å²) in [5.41, 5.74) is 2.91. The Morgan fingerprint density at radius 3 is 2.42 bits per heavy atom.